The van der Waals surface area contributed by atoms with Gasteiger partial charge in [-0.05, 0) is 30.7 Å². The van der Waals surface area contributed by atoms with Crippen LogP contribution in [0.3, 0.4) is 0 Å². The standard InChI is InChI=1S/C17H20N2O3/c1-10(2)8-11(3)18-19-17(22)15-14(20)9-12-6-4-5-7-13(12)16(15)21/h4-7,9-10,20-21H,8H2,1-3H3,(H,19,22)/b18-11+. The Labute approximate surface area is 129 Å². The molecule has 0 radical (unpaired) electrons. The molecule has 0 unspecified atom stereocenters. The van der Waals surface area contributed by atoms with Gasteiger partial charge in [0, 0.05) is 11.1 Å². The third kappa shape index (κ3) is 3.36. The van der Waals surface area contributed by atoms with Crippen LogP contribution in [-0.2, 0) is 0 Å². The van der Waals surface area contributed by atoms with Crippen LogP contribution < -0.4 is 5.43 Å². The smallest absolute Gasteiger partial charge is 0.278 e. The molecule has 5 nitrogen and oxygen atoms in total. The van der Waals surface area contributed by atoms with E-state index in [9.17, 15) is 15.0 Å². The van der Waals surface area contributed by atoms with Crippen molar-refractivity contribution < 1.29 is 15.0 Å². The van der Waals surface area contributed by atoms with Crippen LogP contribution in [-0.4, -0.2) is 21.8 Å². The molecule has 2 rings (SSSR count). The molecule has 0 aliphatic heterocycles. The molecular formula is C17H20N2O3. The van der Waals surface area contributed by atoms with Crippen molar-refractivity contribution in [1.29, 1.82) is 0 Å². The molecule has 0 aliphatic rings. The number of nitrogens with zero attached hydrogens (tertiary/aromatic N) is 1. The first kappa shape index (κ1) is 15.8. The topological polar surface area (TPSA) is 81.9 Å². The zero-order valence-electron chi connectivity index (χ0n) is 12.9. The van der Waals surface area contributed by atoms with Crippen molar-refractivity contribution in [3.8, 4) is 11.5 Å². The van der Waals surface area contributed by atoms with Crippen LogP contribution in [0.5, 0.6) is 11.5 Å². The lowest BCUT2D eigenvalue weighted by Crippen LogP contribution is -2.20. The van der Waals surface area contributed by atoms with Crippen LogP contribution in [0.2, 0.25) is 0 Å². The van der Waals surface area contributed by atoms with Gasteiger partial charge in [-0.25, -0.2) is 5.43 Å². The molecule has 0 bridgehead atoms. The summed E-state index contributed by atoms with van der Waals surface area (Å²) < 4.78 is 0. The third-order valence-electron chi connectivity index (χ3n) is 3.28. The van der Waals surface area contributed by atoms with Gasteiger partial charge in [-0.1, -0.05) is 38.1 Å². The predicted molar refractivity (Wildman–Crippen MR) is 87.3 cm³/mol. The first-order valence-corrected chi connectivity index (χ1v) is 7.17. The Morgan fingerprint density at radius 1 is 1.27 bits per heavy atom. The summed E-state index contributed by atoms with van der Waals surface area (Å²) in [7, 11) is 0. The van der Waals surface area contributed by atoms with Crippen molar-refractivity contribution in [3.05, 3.63) is 35.9 Å². The van der Waals surface area contributed by atoms with Gasteiger partial charge in [0.25, 0.3) is 5.91 Å². The van der Waals surface area contributed by atoms with Gasteiger partial charge in [0.15, 0.2) is 0 Å². The molecule has 2 aromatic carbocycles. The molecule has 116 valence electrons. The fourth-order valence-electron chi connectivity index (χ4n) is 2.38. The monoisotopic (exact) mass is 300 g/mol. The second-order valence-electron chi connectivity index (χ2n) is 5.73. The number of phenols is 2. The molecule has 1 amide bonds. The van der Waals surface area contributed by atoms with E-state index in [2.05, 4.69) is 24.4 Å². The Hall–Kier alpha value is -2.56. The number of carbonyl (C=O) groups excluding carboxylic acids is 1. The van der Waals surface area contributed by atoms with E-state index in [0.29, 0.717) is 16.7 Å². The van der Waals surface area contributed by atoms with E-state index in [1.807, 2.05) is 6.92 Å². The van der Waals surface area contributed by atoms with Gasteiger partial charge in [0.05, 0.1) is 0 Å². The molecule has 5 heteroatoms. The molecule has 0 spiro atoms. The maximum atomic E-state index is 12.2. The highest BCUT2D eigenvalue weighted by Gasteiger charge is 2.19. The minimum Gasteiger partial charge on any atom is -0.507 e. The number of hydrazone groups is 1. The van der Waals surface area contributed by atoms with Crippen LogP contribution in [0.25, 0.3) is 10.8 Å². The summed E-state index contributed by atoms with van der Waals surface area (Å²) in [6, 6.07) is 8.44. The van der Waals surface area contributed by atoms with Crippen LogP contribution >= 0.6 is 0 Å². The van der Waals surface area contributed by atoms with Gasteiger partial charge in [0.1, 0.15) is 17.1 Å². The van der Waals surface area contributed by atoms with E-state index in [-0.39, 0.29) is 17.1 Å². The van der Waals surface area contributed by atoms with Gasteiger partial charge >= 0.3 is 0 Å². The van der Waals surface area contributed by atoms with Gasteiger partial charge in [-0.3, -0.25) is 4.79 Å². The molecule has 0 atom stereocenters. The zero-order valence-corrected chi connectivity index (χ0v) is 12.9. The minimum absolute atomic E-state index is 0.167. The molecule has 0 saturated carbocycles. The molecule has 0 heterocycles. The quantitative estimate of drug-likeness (QED) is 0.598. The summed E-state index contributed by atoms with van der Waals surface area (Å²) in [5.74, 6) is -0.720. The first-order valence-electron chi connectivity index (χ1n) is 7.17. The Bertz CT molecular complexity index is 736. The van der Waals surface area contributed by atoms with Crippen molar-refractivity contribution >= 4 is 22.4 Å². The fourth-order valence-corrected chi connectivity index (χ4v) is 2.38. The number of amides is 1. The minimum atomic E-state index is -0.635. The summed E-state index contributed by atoms with van der Waals surface area (Å²) in [5, 5.41) is 25.4. The summed E-state index contributed by atoms with van der Waals surface area (Å²) in [5.41, 5.74) is 2.99. The van der Waals surface area contributed by atoms with Gasteiger partial charge in [-0.15, -0.1) is 0 Å². The Morgan fingerprint density at radius 3 is 2.64 bits per heavy atom. The Kier molecular flexibility index (Phi) is 4.65. The second kappa shape index (κ2) is 6.47. The molecule has 0 aliphatic carbocycles. The summed E-state index contributed by atoms with van der Waals surface area (Å²) >= 11 is 0. The number of benzene rings is 2. The van der Waals surface area contributed by atoms with Gasteiger partial charge < -0.3 is 10.2 Å². The predicted octanol–water partition coefficient (Wildman–Crippen LogP) is 3.40. The normalized spacial score (nSPS) is 11.9. The van der Waals surface area contributed by atoms with E-state index >= 15 is 0 Å². The molecule has 22 heavy (non-hydrogen) atoms. The van der Waals surface area contributed by atoms with E-state index in [4.69, 9.17) is 0 Å². The van der Waals surface area contributed by atoms with Crippen molar-refractivity contribution in [3.63, 3.8) is 0 Å². The third-order valence-corrected chi connectivity index (χ3v) is 3.28. The Morgan fingerprint density at radius 2 is 1.95 bits per heavy atom. The molecule has 0 fully saturated rings. The highest BCUT2D eigenvalue weighted by atomic mass is 16.3. The molecular weight excluding hydrogens is 280 g/mol. The first-order chi connectivity index (χ1) is 10.4. The van der Waals surface area contributed by atoms with Crippen molar-refractivity contribution in [2.24, 2.45) is 11.0 Å². The van der Waals surface area contributed by atoms with Crippen LogP contribution in [0.1, 0.15) is 37.6 Å². The lowest BCUT2D eigenvalue weighted by Gasteiger charge is -2.10. The second-order valence-corrected chi connectivity index (χ2v) is 5.73. The summed E-state index contributed by atoms with van der Waals surface area (Å²) in [6.07, 6.45) is 0.760. The number of phenolic OH excluding ortho intramolecular Hbond substituents is 2. The van der Waals surface area contributed by atoms with Crippen molar-refractivity contribution in [2.75, 3.05) is 0 Å². The average Bonchev–Trinajstić information content (AvgIpc) is 2.44. The maximum Gasteiger partial charge on any atom is 0.278 e. The number of nitrogens with one attached hydrogen (secondary N) is 1. The van der Waals surface area contributed by atoms with Gasteiger partial charge in [-0.2, -0.15) is 5.10 Å². The van der Waals surface area contributed by atoms with Crippen molar-refractivity contribution in [2.45, 2.75) is 27.2 Å². The zero-order chi connectivity index (χ0) is 16.3. The van der Waals surface area contributed by atoms with E-state index in [0.717, 1.165) is 12.1 Å². The number of hydrogen-bond acceptors (Lipinski definition) is 4. The van der Waals surface area contributed by atoms with E-state index in [1.165, 1.54) is 6.07 Å². The lowest BCUT2D eigenvalue weighted by molar-refractivity contribution is 0.0949. The highest BCUT2D eigenvalue weighted by Crippen LogP contribution is 2.35. The maximum absolute atomic E-state index is 12.2. The van der Waals surface area contributed by atoms with E-state index in [1.54, 1.807) is 24.3 Å². The number of rotatable bonds is 4. The largest absolute Gasteiger partial charge is 0.507 e. The van der Waals surface area contributed by atoms with Crippen LogP contribution in [0.4, 0.5) is 0 Å². The molecule has 0 saturated heterocycles. The SMILES string of the molecule is C/C(CC(C)C)=N\NC(=O)c1c(O)cc2ccccc2c1O. The van der Waals surface area contributed by atoms with Crippen molar-refractivity contribution in [1.82, 2.24) is 5.43 Å². The molecule has 2 aromatic rings. The lowest BCUT2D eigenvalue weighted by atomic mass is 10.0. The van der Waals surface area contributed by atoms with Crippen LogP contribution in [0.15, 0.2) is 35.4 Å². The van der Waals surface area contributed by atoms with Gasteiger partial charge in [0.2, 0.25) is 0 Å². The fraction of sp³-hybridized carbons (Fsp3) is 0.294. The number of hydrogen-bond donors (Lipinski definition) is 3. The number of fused-ring (bicyclic) bond motifs is 1. The average molecular weight is 300 g/mol. The highest BCUT2D eigenvalue weighted by molar-refractivity contribution is 6.06. The number of aromatic hydroxyl groups is 2. The summed E-state index contributed by atoms with van der Waals surface area (Å²) in [6.45, 7) is 5.93. The Balaban J connectivity index is 2.32. The molecule has 3 N–H and O–H groups in total. The van der Waals surface area contributed by atoms with E-state index < -0.39 is 5.91 Å². The molecule has 0 aromatic heterocycles. The number of carbonyl (C=O) groups is 1. The van der Waals surface area contributed by atoms with Crippen LogP contribution in [0, 0.1) is 5.92 Å². The summed E-state index contributed by atoms with van der Waals surface area (Å²) in [4.78, 5) is 12.2.